The van der Waals surface area contributed by atoms with Gasteiger partial charge in [0.1, 0.15) is 12.0 Å². The lowest BCUT2D eigenvalue weighted by molar-refractivity contribution is -0.128. The number of hydrogen-bond donors (Lipinski definition) is 1. The van der Waals surface area contributed by atoms with Gasteiger partial charge in [-0.3, -0.25) is 10.1 Å². The van der Waals surface area contributed by atoms with Crippen LogP contribution >= 0.6 is 11.3 Å². The lowest BCUT2D eigenvalue weighted by Crippen LogP contribution is -2.44. The minimum Gasteiger partial charge on any atom is -0.315 e. The van der Waals surface area contributed by atoms with Crippen LogP contribution < -0.4 is 5.32 Å². The number of hydrogen-bond acceptors (Lipinski definition) is 3. The highest BCUT2D eigenvalue weighted by Crippen LogP contribution is 2.36. The van der Waals surface area contributed by atoms with Gasteiger partial charge in [0, 0.05) is 23.5 Å². The molecule has 1 aromatic heterocycles. The first-order valence-electron chi connectivity index (χ1n) is 8.75. The maximum absolute atomic E-state index is 13.2. The van der Waals surface area contributed by atoms with Gasteiger partial charge in [-0.25, -0.2) is 4.39 Å². The van der Waals surface area contributed by atoms with Crippen LogP contribution in [-0.2, 0) is 17.9 Å². The third-order valence-electron chi connectivity index (χ3n) is 4.99. The Kier molecular flexibility index (Phi) is 4.68. The second kappa shape index (κ2) is 7.10. The molecule has 5 heteroatoms. The molecule has 0 bridgehead atoms. The van der Waals surface area contributed by atoms with Gasteiger partial charge in [0.15, 0.2) is 0 Å². The molecule has 1 aliphatic carbocycles. The molecule has 4 rings (SSSR count). The van der Waals surface area contributed by atoms with Crippen LogP contribution in [-0.4, -0.2) is 17.0 Å². The Morgan fingerprint density at radius 3 is 2.72 bits per heavy atom. The molecule has 0 saturated carbocycles. The summed E-state index contributed by atoms with van der Waals surface area (Å²) in [5, 5.41) is 5.65. The molecule has 25 heavy (non-hydrogen) atoms. The molecule has 1 amide bonds. The molecule has 0 spiro atoms. The number of benzene rings is 1. The molecular formula is C20H21FN2OS. The summed E-state index contributed by atoms with van der Waals surface area (Å²) in [7, 11) is 0. The van der Waals surface area contributed by atoms with E-state index in [1.165, 1.54) is 22.6 Å². The number of carbonyl (C=O) groups excluding carboxylic acids is 1. The zero-order valence-electron chi connectivity index (χ0n) is 14.0. The number of rotatable bonds is 5. The summed E-state index contributed by atoms with van der Waals surface area (Å²) in [5.41, 5.74) is 3.21. The summed E-state index contributed by atoms with van der Waals surface area (Å²) in [6, 6.07) is 10.6. The van der Waals surface area contributed by atoms with E-state index in [-0.39, 0.29) is 17.9 Å². The van der Waals surface area contributed by atoms with E-state index in [4.69, 9.17) is 0 Å². The molecule has 0 radical (unpaired) electrons. The smallest absolute Gasteiger partial charge is 0.251 e. The SMILES string of the molecule is O=C1C2=C(CCCC2)C(NCc2cccs2)N1Cc1ccc(F)cc1. The van der Waals surface area contributed by atoms with Crippen LogP contribution in [0.3, 0.4) is 0 Å². The minimum absolute atomic E-state index is 0.0463. The number of nitrogens with one attached hydrogen (secondary N) is 1. The van der Waals surface area contributed by atoms with E-state index < -0.39 is 0 Å². The van der Waals surface area contributed by atoms with Crippen molar-refractivity contribution >= 4 is 17.2 Å². The highest BCUT2D eigenvalue weighted by atomic mass is 32.1. The highest BCUT2D eigenvalue weighted by Gasteiger charge is 2.39. The normalized spacial score (nSPS) is 20.3. The van der Waals surface area contributed by atoms with Crippen molar-refractivity contribution in [1.29, 1.82) is 0 Å². The van der Waals surface area contributed by atoms with Gasteiger partial charge >= 0.3 is 0 Å². The van der Waals surface area contributed by atoms with Crippen molar-refractivity contribution in [1.82, 2.24) is 10.2 Å². The van der Waals surface area contributed by atoms with Gasteiger partial charge in [0.2, 0.25) is 0 Å². The topological polar surface area (TPSA) is 32.3 Å². The fourth-order valence-corrected chi connectivity index (χ4v) is 4.40. The summed E-state index contributed by atoms with van der Waals surface area (Å²) in [4.78, 5) is 16.1. The number of thiophene rings is 1. The van der Waals surface area contributed by atoms with Crippen LogP contribution in [0.2, 0.25) is 0 Å². The highest BCUT2D eigenvalue weighted by molar-refractivity contribution is 7.09. The molecule has 0 saturated heterocycles. The summed E-state index contributed by atoms with van der Waals surface area (Å²) >= 11 is 1.72. The second-order valence-corrected chi connectivity index (χ2v) is 7.67. The van der Waals surface area contributed by atoms with Gasteiger partial charge < -0.3 is 4.90 Å². The van der Waals surface area contributed by atoms with Gasteiger partial charge in [0.05, 0.1) is 0 Å². The average molecular weight is 356 g/mol. The molecule has 1 aromatic carbocycles. The fourth-order valence-electron chi connectivity index (χ4n) is 3.75. The number of carbonyl (C=O) groups is 1. The van der Waals surface area contributed by atoms with Crippen molar-refractivity contribution in [2.24, 2.45) is 0 Å². The van der Waals surface area contributed by atoms with Gasteiger partial charge in [0.25, 0.3) is 5.91 Å². The molecule has 1 atom stereocenters. The average Bonchev–Trinajstić information content (AvgIpc) is 3.23. The summed E-state index contributed by atoms with van der Waals surface area (Å²) in [6.07, 6.45) is 4.06. The van der Waals surface area contributed by atoms with Crippen LogP contribution in [0.25, 0.3) is 0 Å². The van der Waals surface area contributed by atoms with Crippen molar-refractivity contribution < 1.29 is 9.18 Å². The lowest BCUT2D eigenvalue weighted by atomic mass is 9.92. The quantitative estimate of drug-likeness (QED) is 0.870. The number of nitrogens with zero attached hydrogens (tertiary/aromatic N) is 1. The Balaban J connectivity index is 1.56. The van der Waals surface area contributed by atoms with E-state index in [1.807, 2.05) is 11.0 Å². The molecule has 2 aromatic rings. The molecule has 1 aliphatic heterocycles. The predicted molar refractivity (Wildman–Crippen MR) is 97.4 cm³/mol. The standard InChI is InChI=1S/C20H21FN2OS/c21-15-9-7-14(8-10-15)13-23-19(22-12-16-4-3-11-25-16)17-5-1-2-6-18(17)20(23)24/h3-4,7-11,19,22H,1-2,5-6,12-13H2. The number of amides is 1. The van der Waals surface area contributed by atoms with Crippen molar-refractivity contribution in [3.63, 3.8) is 0 Å². The maximum atomic E-state index is 13.2. The minimum atomic E-state index is -0.249. The zero-order chi connectivity index (χ0) is 17.2. The van der Waals surface area contributed by atoms with E-state index in [0.717, 1.165) is 43.4 Å². The van der Waals surface area contributed by atoms with E-state index in [9.17, 15) is 9.18 Å². The van der Waals surface area contributed by atoms with Crippen LogP contribution in [0, 0.1) is 5.82 Å². The molecule has 2 heterocycles. The summed E-state index contributed by atoms with van der Waals surface area (Å²) < 4.78 is 13.2. The Morgan fingerprint density at radius 1 is 1.16 bits per heavy atom. The first-order chi connectivity index (χ1) is 12.2. The van der Waals surface area contributed by atoms with E-state index >= 15 is 0 Å². The Morgan fingerprint density at radius 2 is 1.96 bits per heavy atom. The predicted octanol–water partition coefficient (Wildman–Crippen LogP) is 4.22. The monoisotopic (exact) mass is 356 g/mol. The largest absolute Gasteiger partial charge is 0.315 e. The van der Waals surface area contributed by atoms with Gasteiger partial charge in [-0.15, -0.1) is 11.3 Å². The number of halogens is 1. The molecular weight excluding hydrogens is 335 g/mol. The van der Waals surface area contributed by atoms with Crippen molar-refractivity contribution in [3.05, 3.63) is 69.2 Å². The first kappa shape index (κ1) is 16.5. The first-order valence-corrected chi connectivity index (χ1v) is 9.63. The lowest BCUT2D eigenvalue weighted by Gasteiger charge is -2.28. The van der Waals surface area contributed by atoms with Crippen molar-refractivity contribution in [2.75, 3.05) is 0 Å². The maximum Gasteiger partial charge on any atom is 0.251 e. The molecule has 3 nitrogen and oxygen atoms in total. The Bertz CT molecular complexity index is 783. The van der Waals surface area contributed by atoms with Crippen LogP contribution in [0.1, 0.15) is 36.1 Å². The van der Waals surface area contributed by atoms with E-state index in [0.29, 0.717) is 6.54 Å². The summed E-state index contributed by atoms with van der Waals surface area (Å²) in [6.45, 7) is 1.26. The summed E-state index contributed by atoms with van der Waals surface area (Å²) in [5.74, 6) is -0.107. The zero-order valence-corrected chi connectivity index (χ0v) is 14.8. The third-order valence-corrected chi connectivity index (χ3v) is 5.86. The van der Waals surface area contributed by atoms with Gasteiger partial charge in [-0.2, -0.15) is 0 Å². The third kappa shape index (κ3) is 3.39. The van der Waals surface area contributed by atoms with Gasteiger partial charge in [-0.05, 0) is 60.4 Å². The van der Waals surface area contributed by atoms with Gasteiger partial charge in [-0.1, -0.05) is 18.2 Å². The molecule has 1 unspecified atom stereocenters. The van der Waals surface area contributed by atoms with Crippen LogP contribution in [0.5, 0.6) is 0 Å². The van der Waals surface area contributed by atoms with Crippen LogP contribution in [0.15, 0.2) is 52.9 Å². The Hall–Kier alpha value is -1.98. The fraction of sp³-hybridized carbons (Fsp3) is 0.350. The van der Waals surface area contributed by atoms with E-state index in [2.05, 4.69) is 16.8 Å². The van der Waals surface area contributed by atoms with Crippen molar-refractivity contribution in [3.8, 4) is 0 Å². The Labute approximate surface area is 151 Å². The van der Waals surface area contributed by atoms with Crippen LogP contribution in [0.4, 0.5) is 4.39 Å². The van der Waals surface area contributed by atoms with E-state index in [1.54, 1.807) is 23.5 Å². The second-order valence-electron chi connectivity index (χ2n) is 6.63. The molecule has 130 valence electrons. The molecule has 2 aliphatic rings. The van der Waals surface area contributed by atoms with Crippen molar-refractivity contribution in [2.45, 2.75) is 44.9 Å². The molecule has 0 fully saturated rings. The molecule has 1 N–H and O–H groups in total.